The second-order valence-electron chi connectivity index (χ2n) is 14.0. The number of imidazole rings is 1. The van der Waals surface area contributed by atoms with E-state index in [2.05, 4.69) is 67.0 Å². The van der Waals surface area contributed by atoms with Crippen LogP contribution in [0.5, 0.6) is 0 Å². The Bertz CT molecular complexity index is 1590. The van der Waals surface area contributed by atoms with Gasteiger partial charge in [-0.25, -0.2) is 19.2 Å². The number of likely N-dealkylation sites (N-methyl/N-ethyl adjacent to an activating group) is 1. The summed E-state index contributed by atoms with van der Waals surface area (Å²) in [4.78, 5) is 41.9. The van der Waals surface area contributed by atoms with E-state index >= 15 is 4.39 Å². The van der Waals surface area contributed by atoms with Crippen LogP contribution in [0.3, 0.4) is 0 Å². The Labute approximate surface area is 279 Å². The second kappa shape index (κ2) is 12.2. The zero-order chi connectivity index (χ0) is 32.3. The van der Waals surface area contributed by atoms with E-state index in [0.29, 0.717) is 46.6 Å². The number of fused-ring (bicyclic) bond motifs is 3. The molecule has 0 radical (unpaired) electrons. The lowest BCUT2D eigenvalue weighted by Crippen LogP contribution is -2.57. The molecule has 13 heteroatoms. The highest BCUT2D eigenvalue weighted by Gasteiger charge is 2.38. The SMILES string of the molecule is CN(C)C1CN(c2nc3c(F)c(Br)c(I)cc3c3c2ncn3[C@H]2CCN(C(=O)OC(C)(C)C)C(CC(=O)OC(C)(C)C)C2)C1. The molecule has 10 nitrogen and oxygen atoms in total. The fraction of sp³-hybridized carbons (Fsp3) is 0.613. The van der Waals surface area contributed by atoms with Crippen LogP contribution >= 0.6 is 38.5 Å². The lowest BCUT2D eigenvalue weighted by molar-refractivity contribution is -0.156. The number of likely N-dealkylation sites (tertiary alicyclic amines) is 1. The summed E-state index contributed by atoms with van der Waals surface area (Å²) >= 11 is 5.53. The molecule has 4 heterocycles. The highest BCUT2D eigenvalue weighted by atomic mass is 127. The summed E-state index contributed by atoms with van der Waals surface area (Å²) in [5.41, 5.74) is 0.472. The molecule has 0 bridgehead atoms. The Balaban J connectivity index is 1.56. The zero-order valence-electron chi connectivity index (χ0n) is 26.6. The zero-order valence-corrected chi connectivity index (χ0v) is 30.3. The first-order valence-electron chi connectivity index (χ1n) is 14.9. The summed E-state index contributed by atoms with van der Waals surface area (Å²) in [6.45, 7) is 12.9. The van der Waals surface area contributed by atoms with Crippen molar-refractivity contribution in [3.8, 4) is 0 Å². The van der Waals surface area contributed by atoms with Gasteiger partial charge in [0, 0.05) is 46.7 Å². The van der Waals surface area contributed by atoms with Gasteiger partial charge in [-0.2, -0.15) is 0 Å². The summed E-state index contributed by atoms with van der Waals surface area (Å²) < 4.78 is 30.3. The molecule has 5 rings (SSSR count). The molecular formula is C31H41BrFIN6O4. The minimum absolute atomic E-state index is 0.0341. The molecule has 2 fully saturated rings. The Morgan fingerprint density at radius 3 is 2.39 bits per heavy atom. The number of amides is 1. The van der Waals surface area contributed by atoms with E-state index in [1.165, 1.54) is 0 Å². The molecule has 3 aromatic rings. The molecule has 44 heavy (non-hydrogen) atoms. The van der Waals surface area contributed by atoms with Gasteiger partial charge in [-0.1, -0.05) is 0 Å². The first kappa shape index (κ1) is 33.1. The summed E-state index contributed by atoms with van der Waals surface area (Å²) in [6.07, 6.45) is 2.46. The molecule has 2 aliphatic rings. The lowest BCUT2D eigenvalue weighted by atomic mass is 9.94. The summed E-state index contributed by atoms with van der Waals surface area (Å²) in [6, 6.07) is 1.75. The number of carbonyl (C=O) groups excluding carboxylic acids is 2. The van der Waals surface area contributed by atoms with Gasteiger partial charge < -0.3 is 28.7 Å². The van der Waals surface area contributed by atoms with Crippen molar-refractivity contribution in [1.82, 2.24) is 24.3 Å². The number of benzene rings is 1. The maximum absolute atomic E-state index is 15.8. The second-order valence-corrected chi connectivity index (χ2v) is 15.9. The van der Waals surface area contributed by atoms with Crippen LogP contribution in [-0.2, 0) is 14.3 Å². The number of nitrogens with zero attached hydrogens (tertiary/aromatic N) is 6. The van der Waals surface area contributed by atoms with Gasteiger partial charge in [-0.05, 0) is 113 Å². The number of ether oxygens (including phenoxy) is 2. The van der Waals surface area contributed by atoms with Crippen LogP contribution < -0.4 is 4.90 Å². The predicted octanol–water partition coefficient (Wildman–Crippen LogP) is 6.51. The number of hydrogen-bond acceptors (Lipinski definition) is 8. The Kier molecular flexibility index (Phi) is 9.15. The maximum atomic E-state index is 15.8. The number of rotatable bonds is 5. The van der Waals surface area contributed by atoms with E-state index in [1.807, 2.05) is 47.6 Å². The topological polar surface area (TPSA) is 93.0 Å². The van der Waals surface area contributed by atoms with Gasteiger partial charge in [0.2, 0.25) is 0 Å². The van der Waals surface area contributed by atoms with Gasteiger partial charge in [0.05, 0.1) is 22.7 Å². The van der Waals surface area contributed by atoms with E-state index < -0.39 is 29.2 Å². The van der Waals surface area contributed by atoms with Crippen LogP contribution in [0.2, 0.25) is 0 Å². The third kappa shape index (κ3) is 6.79. The monoisotopic (exact) mass is 786 g/mol. The summed E-state index contributed by atoms with van der Waals surface area (Å²) in [5.74, 6) is -0.123. The van der Waals surface area contributed by atoms with E-state index in [1.54, 1.807) is 11.2 Å². The minimum Gasteiger partial charge on any atom is -0.460 e. The first-order valence-corrected chi connectivity index (χ1v) is 16.8. The number of halogens is 3. The predicted molar refractivity (Wildman–Crippen MR) is 181 cm³/mol. The third-order valence-corrected chi connectivity index (χ3v) is 10.4. The molecule has 2 saturated heterocycles. The standard InChI is InChI=1S/C31H41BrFIN6O4/c1-30(2,3)43-22(41)12-18-11-17(9-10-39(18)29(42)44-31(4,5)6)40-16-35-26-27(40)20-13-21(34)23(32)24(33)25(20)36-28(26)38-14-19(15-38)37(7)8/h13,16-19H,9-12,14-15H2,1-8H3/t17-,18?/m0/s1. The van der Waals surface area contributed by atoms with Crippen LogP contribution in [0.25, 0.3) is 21.9 Å². The highest BCUT2D eigenvalue weighted by molar-refractivity contribution is 14.1. The van der Waals surface area contributed by atoms with Gasteiger partial charge in [0.25, 0.3) is 0 Å². The molecule has 0 aliphatic carbocycles. The van der Waals surface area contributed by atoms with Crippen molar-refractivity contribution < 1.29 is 23.5 Å². The number of piperidine rings is 1. The van der Waals surface area contributed by atoms with Gasteiger partial charge in [0.1, 0.15) is 22.2 Å². The Morgan fingerprint density at radius 1 is 1.11 bits per heavy atom. The van der Waals surface area contributed by atoms with Crippen molar-refractivity contribution in [3.63, 3.8) is 0 Å². The van der Waals surface area contributed by atoms with Crippen LogP contribution in [0.1, 0.15) is 66.8 Å². The smallest absolute Gasteiger partial charge is 0.410 e. The van der Waals surface area contributed by atoms with E-state index in [4.69, 9.17) is 19.4 Å². The van der Waals surface area contributed by atoms with Crippen LogP contribution in [0.4, 0.5) is 15.0 Å². The number of pyridine rings is 1. The molecule has 1 unspecified atom stereocenters. The van der Waals surface area contributed by atoms with Crippen LogP contribution in [0.15, 0.2) is 16.9 Å². The molecule has 0 N–H and O–H groups in total. The molecular weight excluding hydrogens is 746 g/mol. The molecule has 2 aliphatic heterocycles. The fourth-order valence-electron chi connectivity index (χ4n) is 5.89. The van der Waals surface area contributed by atoms with Crippen LogP contribution in [-0.4, -0.2) is 93.4 Å². The van der Waals surface area contributed by atoms with Gasteiger partial charge in [0.15, 0.2) is 11.6 Å². The number of carbonyl (C=O) groups is 2. The summed E-state index contributed by atoms with van der Waals surface area (Å²) in [5, 5.41) is 0.675. The molecule has 2 aromatic heterocycles. The summed E-state index contributed by atoms with van der Waals surface area (Å²) in [7, 11) is 4.10. The van der Waals surface area contributed by atoms with Crippen molar-refractivity contribution in [3.05, 3.63) is 26.3 Å². The van der Waals surface area contributed by atoms with Gasteiger partial charge in [-0.3, -0.25) is 4.79 Å². The largest absolute Gasteiger partial charge is 0.460 e. The fourth-order valence-corrected chi connectivity index (χ4v) is 6.74. The molecule has 240 valence electrons. The average molecular weight is 788 g/mol. The number of esters is 1. The Morgan fingerprint density at radius 2 is 1.77 bits per heavy atom. The van der Waals surface area contributed by atoms with Crippen molar-refractivity contribution in [2.24, 2.45) is 0 Å². The van der Waals surface area contributed by atoms with E-state index in [9.17, 15) is 9.59 Å². The van der Waals surface area contributed by atoms with Crippen molar-refractivity contribution in [1.29, 1.82) is 0 Å². The normalized spacial score (nSPS) is 20.0. The number of anilines is 1. The first-order chi connectivity index (χ1) is 20.4. The molecule has 1 amide bonds. The van der Waals surface area contributed by atoms with Gasteiger partial charge >= 0.3 is 12.1 Å². The molecule has 2 atom stereocenters. The number of aromatic nitrogens is 3. The minimum atomic E-state index is -0.675. The third-order valence-electron chi connectivity index (χ3n) is 8.04. The van der Waals surface area contributed by atoms with Crippen LogP contribution in [0, 0.1) is 9.39 Å². The average Bonchev–Trinajstić information content (AvgIpc) is 3.30. The molecule has 1 aromatic carbocycles. The van der Waals surface area contributed by atoms with Crippen molar-refractivity contribution in [2.45, 2.75) is 90.1 Å². The number of hydrogen-bond donors (Lipinski definition) is 0. The van der Waals surface area contributed by atoms with Crippen molar-refractivity contribution in [2.75, 3.05) is 38.6 Å². The quantitative estimate of drug-likeness (QED) is 0.164. The van der Waals surface area contributed by atoms with Crippen molar-refractivity contribution >= 4 is 78.3 Å². The van der Waals surface area contributed by atoms with E-state index in [-0.39, 0.29) is 23.9 Å². The lowest BCUT2D eigenvalue weighted by Gasteiger charge is -2.43. The highest BCUT2D eigenvalue weighted by Crippen LogP contribution is 2.41. The van der Waals surface area contributed by atoms with Gasteiger partial charge in [-0.15, -0.1) is 0 Å². The maximum Gasteiger partial charge on any atom is 0.410 e. The molecule has 0 saturated carbocycles. The Hall–Kier alpha value is -2.26. The molecule has 0 spiro atoms. The van der Waals surface area contributed by atoms with E-state index in [0.717, 1.165) is 22.2 Å².